The first-order valence-electron chi connectivity index (χ1n) is 8.59. The number of anilines is 2. The zero-order valence-electron chi connectivity index (χ0n) is 15.2. The standard InChI is InChI=1S/C16H19FN8O4/c17-12-3-1-2-4-13(12)19-16(21-27)14-15(23-29-22-14)18-5-6-25-9-11(20-24-25)10-28-8-7-26/h1-4,9,26-27H,5-8,10H2,(H,18,23)(H,19,21). The predicted molar refractivity (Wildman–Crippen MR) is 97.9 cm³/mol. The molecule has 0 aliphatic carbocycles. The Kier molecular flexibility index (Phi) is 7.02. The molecule has 0 spiro atoms. The molecule has 13 heteroatoms. The molecule has 0 bridgehead atoms. The normalized spacial score (nSPS) is 11.6. The van der Waals surface area contributed by atoms with E-state index in [9.17, 15) is 9.60 Å². The van der Waals surface area contributed by atoms with Crippen molar-refractivity contribution < 1.29 is 24.1 Å². The van der Waals surface area contributed by atoms with Gasteiger partial charge in [-0.2, -0.15) is 0 Å². The Balaban J connectivity index is 1.56. The van der Waals surface area contributed by atoms with Crippen LogP contribution in [0.2, 0.25) is 0 Å². The Morgan fingerprint density at radius 1 is 1.31 bits per heavy atom. The van der Waals surface area contributed by atoms with Crippen LogP contribution in [0.15, 0.2) is 40.2 Å². The van der Waals surface area contributed by atoms with Gasteiger partial charge in [0.25, 0.3) is 0 Å². The first-order valence-corrected chi connectivity index (χ1v) is 8.59. The molecule has 0 fully saturated rings. The van der Waals surface area contributed by atoms with Crippen molar-refractivity contribution in [1.82, 2.24) is 25.3 Å². The van der Waals surface area contributed by atoms with Crippen LogP contribution in [-0.4, -0.2) is 61.2 Å². The van der Waals surface area contributed by atoms with Gasteiger partial charge in [0.1, 0.15) is 11.5 Å². The van der Waals surface area contributed by atoms with Crippen LogP contribution >= 0.6 is 0 Å². The van der Waals surface area contributed by atoms with Crippen molar-refractivity contribution in [3.63, 3.8) is 0 Å². The van der Waals surface area contributed by atoms with Gasteiger partial charge in [-0.3, -0.25) is 4.68 Å². The first kappa shape index (κ1) is 20.2. The summed E-state index contributed by atoms with van der Waals surface area (Å²) < 4.78 is 25.3. The molecule has 3 aromatic rings. The van der Waals surface area contributed by atoms with Gasteiger partial charge in [-0.25, -0.2) is 9.02 Å². The van der Waals surface area contributed by atoms with Crippen LogP contribution in [0.4, 0.5) is 15.9 Å². The van der Waals surface area contributed by atoms with Gasteiger partial charge in [-0.15, -0.1) is 5.10 Å². The summed E-state index contributed by atoms with van der Waals surface area (Å²) in [6.07, 6.45) is 1.71. The maximum absolute atomic E-state index is 13.8. The van der Waals surface area contributed by atoms with E-state index < -0.39 is 5.82 Å². The van der Waals surface area contributed by atoms with Gasteiger partial charge in [0.05, 0.1) is 38.2 Å². The summed E-state index contributed by atoms with van der Waals surface area (Å²) in [6.45, 7) is 1.23. The number of hydrogen-bond acceptors (Lipinski definition) is 10. The smallest absolute Gasteiger partial charge is 0.203 e. The molecule has 2 heterocycles. The fourth-order valence-corrected chi connectivity index (χ4v) is 2.33. The van der Waals surface area contributed by atoms with Crippen LogP contribution in [0.3, 0.4) is 0 Å². The SMILES string of the molecule is OCCOCc1cn(CCNc2nonc2C(=NO)Nc2ccccc2F)nn1. The zero-order valence-corrected chi connectivity index (χ0v) is 15.2. The predicted octanol–water partition coefficient (Wildman–Crippen LogP) is 0.669. The molecule has 0 aliphatic heterocycles. The highest BCUT2D eigenvalue weighted by atomic mass is 19.1. The number of nitrogens with zero attached hydrogens (tertiary/aromatic N) is 6. The molecule has 0 atom stereocenters. The maximum Gasteiger partial charge on any atom is 0.203 e. The minimum absolute atomic E-state index is 0.0585. The number of para-hydroxylation sites is 1. The van der Waals surface area contributed by atoms with Gasteiger partial charge in [-0.1, -0.05) is 22.5 Å². The maximum atomic E-state index is 13.8. The average Bonchev–Trinajstić information content (AvgIpc) is 3.37. The lowest BCUT2D eigenvalue weighted by Gasteiger charge is -2.08. The molecule has 0 radical (unpaired) electrons. The Bertz CT molecular complexity index is 944. The minimum Gasteiger partial charge on any atom is -0.409 e. The van der Waals surface area contributed by atoms with Crippen molar-refractivity contribution in [2.24, 2.45) is 5.16 Å². The first-order chi connectivity index (χ1) is 14.2. The van der Waals surface area contributed by atoms with E-state index in [0.717, 1.165) is 0 Å². The second kappa shape index (κ2) is 10.1. The minimum atomic E-state index is -0.524. The molecule has 0 unspecified atom stereocenters. The lowest BCUT2D eigenvalue weighted by molar-refractivity contribution is 0.0796. The van der Waals surface area contributed by atoms with E-state index in [1.165, 1.54) is 18.2 Å². The molecule has 2 aromatic heterocycles. The Morgan fingerprint density at radius 3 is 2.97 bits per heavy atom. The molecule has 29 heavy (non-hydrogen) atoms. The number of amidine groups is 1. The number of nitrogens with one attached hydrogen (secondary N) is 2. The number of aliphatic hydroxyl groups is 1. The molecule has 0 saturated heterocycles. The van der Waals surface area contributed by atoms with E-state index >= 15 is 0 Å². The van der Waals surface area contributed by atoms with Gasteiger partial charge < -0.3 is 25.7 Å². The number of aromatic nitrogens is 5. The third-order valence-electron chi connectivity index (χ3n) is 3.64. The molecule has 12 nitrogen and oxygen atoms in total. The number of hydrogen-bond donors (Lipinski definition) is 4. The Labute approximate surface area is 163 Å². The molecule has 3 rings (SSSR count). The van der Waals surface area contributed by atoms with E-state index in [1.807, 2.05) is 0 Å². The molecule has 0 saturated carbocycles. The zero-order chi connectivity index (χ0) is 20.5. The summed E-state index contributed by atoms with van der Waals surface area (Å²) in [5, 5.41) is 42.0. The summed E-state index contributed by atoms with van der Waals surface area (Å²) in [5.74, 6) is -0.458. The highest BCUT2D eigenvalue weighted by Gasteiger charge is 2.18. The fourth-order valence-electron chi connectivity index (χ4n) is 2.33. The van der Waals surface area contributed by atoms with E-state index in [-0.39, 0.29) is 42.9 Å². The van der Waals surface area contributed by atoms with Gasteiger partial charge in [0, 0.05) is 6.54 Å². The van der Waals surface area contributed by atoms with Crippen LogP contribution in [-0.2, 0) is 17.9 Å². The Hall–Kier alpha value is -3.58. The third-order valence-corrected chi connectivity index (χ3v) is 3.64. The molecular formula is C16H19FN8O4. The number of halogens is 1. The fraction of sp³-hybridized carbons (Fsp3) is 0.312. The summed E-state index contributed by atoms with van der Waals surface area (Å²) in [4.78, 5) is 0. The summed E-state index contributed by atoms with van der Waals surface area (Å²) in [6, 6.07) is 5.91. The second-order valence-electron chi connectivity index (χ2n) is 5.69. The van der Waals surface area contributed by atoms with Gasteiger partial charge >= 0.3 is 0 Å². The van der Waals surface area contributed by atoms with E-state index in [4.69, 9.17) is 14.5 Å². The Morgan fingerprint density at radius 2 is 2.17 bits per heavy atom. The monoisotopic (exact) mass is 406 g/mol. The second-order valence-corrected chi connectivity index (χ2v) is 5.69. The number of aliphatic hydroxyl groups excluding tert-OH is 1. The molecular weight excluding hydrogens is 387 g/mol. The summed E-state index contributed by atoms with van der Waals surface area (Å²) >= 11 is 0. The van der Waals surface area contributed by atoms with E-state index in [1.54, 1.807) is 16.9 Å². The lowest BCUT2D eigenvalue weighted by atomic mass is 10.3. The van der Waals surface area contributed by atoms with Crippen molar-refractivity contribution in [3.8, 4) is 0 Å². The quantitative estimate of drug-likeness (QED) is 0.124. The molecule has 154 valence electrons. The molecule has 0 amide bonds. The van der Waals surface area contributed by atoms with Crippen molar-refractivity contribution in [3.05, 3.63) is 47.7 Å². The number of oxime groups is 1. The van der Waals surface area contributed by atoms with Crippen molar-refractivity contribution in [2.45, 2.75) is 13.2 Å². The van der Waals surface area contributed by atoms with Gasteiger partial charge in [0.15, 0.2) is 5.69 Å². The largest absolute Gasteiger partial charge is 0.409 e. The number of rotatable bonds is 10. The third kappa shape index (κ3) is 5.46. The van der Waals surface area contributed by atoms with Crippen LogP contribution < -0.4 is 10.6 Å². The lowest BCUT2D eigenvalue weighted by Crippen LogP contribution is -2.19. The average molecular weight is 406 g/mol. The van der Waals surface area contributed by atoms with Crippen LogP contribution in [0.5, 0.6) is 0 Å². The number of benzene rings is 1. The molecule has 0 aliphatic rings. The van der Waals surface area contributed by atoms with Crippen LogP contribution in [0.1, 0.15) is 11.4 Å². The van der Waals surface area contributed by atoms with Gasteiger partial charge in [0.2, 0.25) is 11.7 Å². The molecule has 4 N–H and O–H groups in total. The summed E-state index contributed by atoms with van der Waals surface area (Å²) in [7, 11) is 0. The highest BCUT2D eigenvalue weighted by molar-refractivity contribution is 6.09. The van der Waals surface area contributed by atoms with Gasteiger partial charge in [-0.05, 0) is 22.4 Å². The van der Waals surface area contributed by atoms with Crippen LogP contribution in [0, 0.1) is 5.82 Å². The van der Waals surface area contributed by atoms with Crippen LogP contribution in [0.25, 0.3) is 0 Å². The summed E-state index contributed by atoms with van der Waals surface area (Å²) in [5.41, 5.74) is 0.811. The molecule has 1 aromatic carbocycles. The van der Waals surface area contributed by atoms with E-state index in [0.29, 0.717) is 18.8 Å². The topological polar surface area (TPSA) is 156 Å². The number of ether oxygens (including phenoxy) is 1. The van der Waals surface area contributed by atoms with E-state index in [2.05, 4.69) is 36.4 Å². The van der Waals surface area contributed by atoms with Crippen molar-refractivity contribution >= 4 is 17.3 Å². The van der Waals surface area contributed by atoms with Crippen molar-refractivity contribution in [2.75, 3.05) is 30.4 Å². The highest BCUT2D eigenvalue weighted by Crippen LogP contribution is 2.17. The van der Waals surface area contributed by atoms with Crippen molar-refractivity contribution in [1.29, 1.82) is 0 Å².